The standard InChI is InChI=1S/C6H12.C4H9/c1-4-5(2)6(4)3;1-4(2)3/h4-6H,1-3H3;4H,1H2,2-3H3. The first-order chi connectivity index (χ1) is 4.46. The largest absolute Gasteiger partial charge is 0.0628 e. The third-order valence-corrected chi connectivity index (χ3v) is 2.35. The van der Waals surface area contributed by atoms with E-state index in [0.29, 0.717) is 5.92 Å². The van der Waals surface area contributed by atoms with Crippen LogP contribution in [-0.4, -0.2) is 0 Å². The molecule has 0 heteroatoms. The average Bonchev–Trinajstić information content (AvgIpc) is 2.23. The lowest BCUT2D eigenvalue weighted by Crippen LogP contribution is -1.67. The molecule has 1 fully saturated rings. The summed E-state index contributed by atoms with van der Waals surface area (Å²) in [7, 11) is 0. The highest BCUT2D eigenvalue weighted by atomic mass is 14.4. The van der Waals surface area contributed by atoms with Gasteiger partial charge in [-0.25, -0.2) is 0 Å². The van der Waals surface area contributed by atoms with Gasteiger partial charge in [0.25, 0.3) is 0 Å². The zero-order valence-corrected chi connectivity index (χ0v) is 8.02. The Labute approximate surface area is 66.0 Å². The van der Waals surface area contributed by atoms with Crippen LogP contribution in [0.2, 0.25) is 0 Å². The summed E-state index contributed by atoms with van der Waals surface area (Å²) in [6.07, 6.45) is 0. The summed E-state index contributed by atoms with van der Waals surface area (Å²) < 4.78 is 0. The molecule has 0 N–H and O–H groups in total. The monoisotopic (exact) mass is 141 g/mol. The second kappa shape index (κ2) is 4.00. The van der Waals surface area contributed by atoms with Gasteiger partial charge in [0.05, 0.1) is 0 Å². The van der Waals surface area contributed by atoms with Crippen LogP contribution in [0.3, 0.4) is 0 Å². The third-order valence-electron chi connectivity index (χ3n) is 2.35. The van der Waals surface area contributed by atoms with E-state index in [1.165, 1.54) is 0 Å². The van der Waals surface area contributed by atoms with Crippen LogP contribution in [-0.2, 0) is 0 Å². The number of hydrogen-bond donors (Lipinski definition) is 0. The van der Waals surface area contributed by atoms with Crippen LogP contribution < -0.4 is 0 Å². The third kappa shape index (κ3) is 3.92. The Hall–Kier alpha value is 0. The van der Waals surface area contributed by atoms with Crippen molar-refractivity contribution < 1.29 is 0 Å². The van der Waals surface area contributed by atoms with Crippen molar-refractivity contribution in [1.29, 1.82) is 0 Å². The molecule has 0 spiro atoms. The van der Waals surface area contributed by atoms with Crippen LogP contribution in [0.4, 0.5) is 0 Å². The van der Waals surface area contributed by atoms with E-state index in [9.17, 15) is 0 Å². The van der Waals surface area contributed by atoms with E-state index in [0.717, 1.165) is 17.8 Å². The molecule has 0 bridgehead atoms. The quantitative estimate of drug-likeness (QED) is 0.485. The molecule has 61 valence electrons. The highest BCUT2D eigenvalue weighted by molar-refractivity contribution is 4.86. The minimum atomic E-state index is 0.583. The van der Waals surface area contributed by atoms with Crippen LogP contribution >= 0.6 is 0 Å². The molecule has 0 nitrogen and oxygen atoms in total. The molecule has 0 aromatic carbocycles. The molecule has 1 radical (unpaired) electrons. The van der Waals surface area contributed by atoms with Crippen LogP contribution in [0.5, 0.6) is 0 Å². The Morgan fingerprint density at radius 2 is 1.00 bits per heavy atom. The molecule has 0 aromatic heterocycles. The molecule has 0 aromatic rings. The van der Waals surface area contributed by atoms with Gasteiger partial charge in [0.2, 0.25) is 0 Å². The predicted molar refractivity (Wildman–Crippen MR) is 47.7 cm³/mol. The van der Waals surface area contributed by atoms with Crippen LogP contribution in [0.25, 0.3) is 0 Å². The van der Waals surface area contributed by atoms with Gasteiger partial charge in [0.1, 0.15) is 0 Å². The smallest absolute Gasteiger partial charge is 0.0386 e. The molecule has 0 heterocycles. The van der Waals surface area contributed by atoms with Gasteiger partial charge in [-0.3, -0.25) is 0 Å². The first-order valence-electron chi connectivity index (χ1n) is 4.29. The van der Waals surface area contributed by atoms with Gasteiger partial charge in [0, 0.05) is 0 Å². The molecule has 0 saturated heterocycles. The Morgan fingerprint density at radius 1 is 0.900 bits per heavy atom. The van der Waals surface area contributed by atoms with Crippen molar-refractivity contribution in [3.05, 3.63) is 6.92 Å². The van der Waals surface area contributed by atoms with E-state index in [-0.39, 0.29) is 0 Å². The molecule has 0 atom stereocenters. The van der Waals surface area contributed by atoms with Gasteiger partial charge in [-0.15, -0.1) is 0 Å². The van der Waals surface area contributed by atoms with E-state index in [1.807, 2.05) is 0 Å². The van der Waals surface area contributed by atoms with Crippen molar-refractivity contribution in [2.24, 2.45) is 23.7 Å². The minimum Gasteiger partial charge on any atom is -0.0628 e. The van der Waals surface area contributed by atoms with Gasteiger partial charge < -0.3 is 0 Å². The topological polar surface area (TPSA) is 0 Å². The highest BCUT2D eigenvalue weighted by Crippen LogP contribution is 2.44. The molecular formula is C10H21. The zero-order chi connectivity index (χ0) is 8.31. The molecular weight excluding hydrogens is 120 g/mol. The first-order valence-corrected chi connectivity index (χ1v) is 4.29. The zero-order valence-electron chi connectivity index (χ0n) is 8.02. The first kappa shape index (κ1) is 10.0. The molecule has 1 saturated carbocycles. The van der Waals surface area contributed by atoms with Gasteiger partial charge in [0.15, 0.2) is 0 Å². The lowest BCUT2D eigenvalue weighted by atomic mass is 10.3. The van der Waals surface area contributed by atoms with Crippen LogP contribution in [0.15, 0.2) is 0 Å². The van der Waals surface area contributed by atoms with Crippen molar-refractivity contribution >= 4 is 0 Å². The lowest BCUT2D eigenvalue weighted by Gasteiger charge is -1.78. The highest BCUT2D eigenvalue weighted by Gasteiger charge is 2.37. The van der Waals surface area contributed by atoms with Crippen molar-refractivity contribution in [3.63, 3.8) is 0 Å². The van der Waals surface area contributed by atoms with Crippen LogP contribution in [0, 0.1) is 30.6 Å². The summed E-state index contributed by atoms with van der Waals surface area (Å²) >= 11 is 0. The molecule has 0 amide bonds. The van der Waals surface area contributed by atoms with E-state index in [4.69, 9.17) is 0 Å². The van der Waals surface area contributed by atoms with E-state index < -0.39 is 0 Å². The maximum Gasteiger partial charge on any atom is -0.0386 e. The molecule has 1 rings (SSSR count). The summed E-state index contributed by atoms with van der Waals surface area (Å²) in [6.45, 7) is 14.7. The van der Waals surface area contributed by atoms with Crippen molar-refractivity contribution in [1.82, 2.24) is 0 Å². The van der Waals surface area contributed by atoms with E-state index >= 15 is 0 Å². The molecule has 1 aliphatic rings. The van der Waals surface area contributed by atoms with E-state index in [1.54, 1.807) is 0 Å². The van der Waals surface area contributed by atoms with Crippen molar-refractivity contribution in [2.75, 3.05) is 0 Å². The molecule has 0 aliphatic heterocycles. The second-order valence-electron chi connectivity index (χ2n) is 3.97. The fourth-order valence-corrected chi connectivity index (χ4v) is 0.911. The fourth-order valence-electron chi connectivity index (χ4n) is 0.911. The predicted octanol–water partition coefficient (Wildman–Crippen LogP) is 3.38. The van der Waals surface area contributed by atoms with Gasteiger partial charge >= 0.3 is 0 Å². The number of rotatable bonds is 0. The Balaban J connectivity index is 0.000000180. The normalized spacial score (nSPS) is 36.9. The molecule has 1 aliphatic carbocycles. The Morgan fingerprint density at radius 3 is 1.00 bits per heavy atom. The maximum absolute atomic E-state index is 3.64. The van der Waals surface area contributed by atoms with Gasteiger partial charge in [-0.2, -0.15) is 0 Å². The Kier molecular flexibility index (Phi) is 4.00. The second-order valence-corrected chi connectivity index (χ2v) is 3.97. The van der Waals surface area contributed by atoms with Gasteiger partial charge in [-0.1, -0.05) is 41.5 Å². The SMILES string of the molecule is CC1C(C)C1C.[CH2]C(C)C. The lowest BCUT2D eigenvalue weighted by molar-refractivity contribution is 0.827. The summed E-state index contributed by atoms with van der Waals surface area (Å²) in [4.78, 5) is 0. The van der Waals surface area contributed by atoms with Crippen LogP contribution in [0.1, 0.15) is 34.6 Å². The fraction of sp³-hybridized carbons (Fsp3) is 0.900. The minimum absolute atomic E-state index is 0.583. The average molecular weight is 141 g/mol. The summed E-state index contributed by atoms with van der Waals surface area (Å²) in [6, 6.07) is 0. The molecule has 10 heavy (non-hydrogen) atoms. The van der Waals surface area contributed by atoms with Crippen molar-refractivity contribution in [3.8, 4) is 0 Å². The van der Waals surface area contributed by atoms with Gasteiger partial charge in [-0.05, 0) is 23.7 Å². The molecule has 0 unspecified atom stereocenters. The van der Waals surface area contributed by atoms with E-state index in [2.05, 4.69) is 41.5 Å². The summed E-state index contributed by atoms with van der Waals surface area (Å²) in [5, 5.41) is 0. The Bertz CT molecular complexity index is 61.0. The maximum atomic E-state index is 3.64. The summed E-state index contributed by atoms with van der Waals surface area (Å²) in [5.41, 5.74) is 0. The summed E-state index contributed by atoms with van der Waals surface area (Å²) in [5.74, 6) is 3.64. The number of hydrogen-bond acceptors (Lipinski definition) is 0. The van der Waals surface area contributed by atoms with Crippen molar-refractivity contribution in [2.45, 2.75) is 34.6 Å².